The van der Waals surface area contributed by atoms with E-state index in [0.29, 0.717) is 43.4 Å². The van der Waals surface area contributed by atoms with E-state index in [9.17, 15) is 4.79 Å². The zero-order valence-corrected chi connectivity index (χ0v) is 15.3. The van der Waals surface area contributed by atoms with Crippen LogP contribution in [0.5, 0.6) is 5.75 Å². The molecule has 2 aliphatic heterocycles. The monoisotopic (exact) mass is 373 g/mol. The summed E-state index contributed by atoms with van der Waals surface area (Å²) < 4.78 is 17.2. The van der Waals surface area contributed by atoms with E-state index < -0.39 is 5.79 Å². The molecule has 1 saturated heterocycles. The van der Waals surface area contributed by atoms with Gasteiger partial charge in [-0.05, 0) is 49.2 Å². The topological polar surface area (TPSA) is 48.0 Å². The third-order valence-corrected chi connectivity index (χ3v) is 4.84. The van der Waals surface area contributed by atoms with E-state index in [1.54, 1.807) is 17.0 Å². The lowest BCUT2D eigenvalue weighted by atomic mass is 10.1. The van der Waals surface area contributed by atoms with Crippen molar-refractivity contribution in [2.45, 2.75) is 19.1 Å². The van der Waals surface area contributed by atoms with Crippen LogP contribution >= 0.6 is 11.6 Å². The van der Waals surface area contributed by atoms with Gasteiger partial charge in [-0.25, -0.2) is 0 Å². The second-order valence-corrected chi connectivity index (χ2v) is 6.89. The van der Waals surface area contributed by atoms with E-state index >= 15 is 0 Å². The molecule has 136 valence electrons. The van der Waals surface area contributed by atoms with E-state index in [-0.39, 0.29) is 5.91 Å². The second-order valence-electron chi connectivity index (χ2n) is 6.45. The minimum absolute atomic E-state index is 0.192. The summed E-state index contributed by atoms with van der Waals surface area (Å²) in [5.41, 5.74) is 2.63. The second kappa shape index (κ2) is 6.91. The molecule has 1 amide bonds. The number of anilines is 1. The van der Waals surface area contributed by atoms with Crippen LogP contribution in [0.3, 0.4) is 0 Å². The average molecular weight is 374 g/mol. The maximum absolute atomic E-state index is 13.0. The van der Waals surface area contributed by atoms with Crippen molar-refractivity contribution in [1.82, 2.24) is 0 Å². The third kappa shape index (κ3) is 2.96. The lowest BCUT2D eigenvalue weighted by Gasteiger charge is -2.22. The first-order valence-corrected chi connectivity index (χ1v) is 9.07. The molecule has 1 fully saturated rings. The number of carbonyl (C=O) groups is 1. The van der Waals surface area contributed by atoms with Crippen molar-refractivity contribution in [3.05, 3.63) is 58.6 Å². The first kappa shape index (κ1) is 17.3. The largest absolute Gasteiger partial charge is 0.494 e. The fraction of sp³-hybridized carbons (Fsp3) is 0.350. The van der Waals surface area contributed by atoms with Gasteiger partial charge in [0.1, 0.15) is 5.75 Å². The van der Waals surface area contributed by atoms with Crippen LogP contribution in [0, 0.1) is 6.92 Å². The normalized spacial score (nSPS) is 17.8. The maximum atomic E-state index is 13.0. The molecule has 2 aromatic carbocycles. The molecule has 0 aliphatic carbocycles. The fourth-order valence-electron chi connectivity index (χ4n) is 3.44. The molecule has 2 aromatic rings. The number of halogens is 1. The van der Waals surface area contributed by atoms with Crippen molar-refractivity contribution < 1.29 is 19.0 Å². The van der Waals surface area contributed by atoms with Crippen LogP contribution in [0.15, 0.2) is 42.5 Å². The van der Waals surface area contributed by atoms with Crippen molar-refractivity contribution in [3.8, 4) is 5.75 Å². The summed E-state index contributed by atoms with van der Waals surface area (Å²) in [6.45, 7) is 3.85. The molecule has 0 atom stereocenters. The highest BCUT2D eigenvalue weighted by Crippen LogP contribution is 2.46. The van der Waals surface area contributed by atoms with Gasteiger partial charge in [0.25, 0.3) is 11.7 Å². The number of hydrogen-bond donors (Lipinski definition) is 0. The quantitative estimate of drug-likeness (QED) is 0.750. The van der Waals surface area contributed by atoms with E-state index in [1.165, 1.54) is 0 Å². The fourth-order valence-corrected chi connectivity index (χ4v) is 3.61. The summed E-state index contributed by atoms with van der Waals surface area (Å²) in [5, 5.41) is 0.555. The molecule has 0 aromatic heterocycles. The van der Waals surface area contributed by atoms with E-state index in [0.717, 1.165) is 17.0 Å². The molecule has 5 nitrogen and oxygen atoms in total. The van der Waals surface area contributed by atoms with E-state index in [1.807, 2.05) is 37.3 Å². The van der Waals surface area contributed by atoms with Crippen LogP contribution in [-0.2, 0) is 20.1 Å². The molecule has 2 aliphatic rings. The Labute approximate surface area is 157 Å². The minimum Gasteiger partial charge on any atom is -0.494 e. The third-order valence-electron chi connectivity index (χ3n) is 4.61. The van der Waals surface area contributed by atoms with Gasteiger partial charge in [0.2, 0.25) is 0 Å². The zero-order valence-electron chi connectivity index (χ0n) is 14.5. The Hall–Kier alpha value is -2.08. The van der Waals surface area contributed by atoms with Crippen molar-refractivity contribution in [1.29, 1.82) is 0 Å². The Bertz CT molecular complexity index is 832. The van der Waals surface area contributed by atoms with Crippen molar-refractivity contribution in [2.24, 2.45) is 0 Å². The first-order valence-electron chi connectivity index (χ1n) is 8.69. The van der Waals surface area contributed by atoms with E-state index in [4.69, 9.17) is 25.8 Å². The lowest BCUT2D eigenvalue weighted by molar-refractivity contribution is -0.180. The number of ether oxygens (including phenoxy) is 3. The van der Waals surface area contributed by atoms with Gasteiger partial charge in [0.05, 0.1) is 25.5 Å². The highest BCUT2D eigenvalue weighted by molar-refractivity contribution is 6.31. The molecule has 0 saturated carbocycles. The summed E-state index contributed by atoms with van der Waals surface area (Å²) in [6.07, 6.45) is 0.692. The standard InChI is InChI=1S/C20H20ClNO4/c1-14-4-2-5-16(12-14)24-9-3-8-22-18-7-6-15(21)13-17(18)20(19(22)23)25-10-11-26-20/h2,4-7,12-13H,3,8-11H2,1H3. The van der Waals surface area contributed by atoms with Crippen LogP contribution in [0.1, 0.15) is 17.5 Å². The number of nitrogens with zero attached hydrogens (tertiary/aromatic N) is 1. The van der Waals surface area contributed by atoms with Crippen molar-refractivity contribution in [3.63, 3.8) is 0 Å². The Morgan fingerprint density at radius 1 is 1.19 bits per heavy atom. The highest BCUT2D eigenvalue weighted by Gasteiger charge is 2.55. The molecular formula is C20H20ClNO4. The van der Waals surface area contributed by atoms with Crippen molar-refractivity contribution >= 4 is 23.2 Å². The van der Waals surface area contributed by atoms with Gasteiger partial charge in [-0.1, -0.05) is 23.7 Å². The lowest BCUT2D eigenvalue weighted by Crippen LogP contribution is -2.41. The van der Waals surface area contributed by atoms with Gasteiger partial charge in [-0.2, -0.15) is 0 Å². The number of rotatable bonds is 5. The summed E-state index contributed by atoms with van der Waals surface area (Å²) in [4.78, 5) is 14.7. The van der Waals surface area contributed by atoms with Crippen molar-refractivity contribution in [2.75, 3.05) is 31.3 Å². The highest BCUT2D eigenvalue weighted by atomic mass is 35.5. The molecule has 26 heavy (non-hydrogen) atoms. The number of benzene rings is 2. The Morgan fingerprint density at radius 2 is 2.00 bits per heavy atom. The van der Waals surface area contributed by atoms with Crippen LogP contribution < -0.4 is 9.64 Å². The number of amides is 1. The number of carbonyl (C=O) groups excluding carboxylic acids is 1. The van der Waals surface area contributed by atoms with Gasteiger partial charge in [0.15, 0.2) is 0 Å². The molecule has 2 heterocycles. The molecule has 0 bridgehead atoms. The van der Waals surface area contributed by atoms with E-state index in [2.05, 4.69) is 0 Å². The zero-order chi connectivity index (χ0) is 18.1. The summed E-state index contributed by atoms with van der Waals surface area (Å²) in [6, 6.07) is 13.3. The summed E-state index contributed by atoms with van der Waals surface area (Å²) >= 11 is 6.13. The van der Waals surface area contributed by atoms with Gasteiger partial charge >= 0.3 is 0 Å². The predicted octanol–water partition coefficient (Wildman–Crippen LogP) is 3.66. The minimum atomic E-state index is -1.34. The number of hydrogen-bond acceptors (Lipinski definition) is 4. The summed E-state index contributed by atoms with van der Waals surface area (Å²) in [5.74, 6) is -0.691. The molecule has 4 rings (SSSR count). The van der Waals surface area contributed by atoms with Gasteiger partial charge < -0.3 is 19.1 Å². The number of aryl methyl sites for hydroxylation is 1. The van der Waals surface area contributed by atoms with Crippen LogP contribution in [0.25, 0.3) is 0 Å². The Balaban J connectivity index is 1.46. The van der Waals surface area contributed by atoms with Gasteiger partial charge in [-0.3, -0.25) is 4.79 Å². The Kier molecular flexibility index (Phi) is 4.61. The van der Waals surface area contributed by atoms with Gasteiger partial charge in [-0.15, -0.1) is 0 Å². The predicted molar refractivity (Wildman–Crippen MR) is 98.7 cm³/mol. The van der Waals surface area contributed by atoms with Gasteiger partial charge in [0, 0.05) is 17.1 Å². The van der Waals surface area contributed by atoms with Crippen LogP contribution in [0.4, 0.5) is 5.69 Å². The average Bonchev–Trinajstić information content (AvgIpc) is 3.20. The van der Waals surface area contributed by atoms with Crippen LogP contribution in [-0.4, -0.2) is 32.3 Å². The first-order chi connectivity index (χ1) is 12.6. The SMILES string of the molecule is Cc1cccc(OCCCN2C(=O)C3(OCCO3)c3cc(Cl)ccc32)c1. The van der Waals surface area contributed by atoms with Crippen LogP contribution in [0.2, 0.25) is 5.02 Å². The maximum Gasteiger partial charge on any atom is 0.292 e. The molecular weight excluding hydrogens is 354 g/mol. The summed E-state index contributed by atoms with van der Waals surface area (Å²) in [7, 11) is 0. The molecule has 6 heteroatoms. The Morgan fingerprint density at radius 3 is 2.77 bits per heavy atom. The molecule has 1 spiro atoms. The molecule has 0 N–H and O–H groups in total. The molecule has 0 radical (unpaired) electrons. The molecule has 0 unspecified atom stereocenters. The smallest absolute Gasteiger partial charge is 0.292 e. The number of fused-ring (bicyclic) bond motifs is 2.